The summed E-state index contributed by atoms with van der Waals surface area (Å²) < 4.78 is 2.08. The number of rotatable bonds is 10. The number of hydrazone groups is 1. The van der Waals surface area contributed by atoms with Crippen LogP contribution >= 0.6 is 0 Å². The van der Waals surface area contributed by atoms with E-state index in [4.69, 9.17) is 0 Å². The Kier molecular flexibility index (Phi) is 8.85. The number of nitrogens with zero attached hydrogens (tertiary/aromatic N) is 5. The molecular weight excluding hydrogens is 486 g/mol. The average molecular weight is 532 g/mol. The minimum Gasteiger partial charge on any atom is -0.393 e. The zero-order valence-electron chi connectivity index (χ0n) is 23.7. The van der Waals surface area contributed by atoms with E-state index < -0.39 is 0 Å². The molecule has 0 bridgehead atoms. The van der Waals surface area contributed by atoms with Crippen LogP contribution in [0.1, 0.15) is 77.2 Å². The standard InChI is InChI=1S/C32H45N5O2/c1-4-35(3)33-19-23(2)25-10-8-24(9-11-25)21-36(32(39)26-12-16-31(38)17-13-26)30-7-5-6-27(18-30)28-20-34-37(22-28)29-14-15-29/h5-7,18-20,22,24-26,29,31,38H,2,4,8-17,21H2,1,3H3/b33-19-. The topological polar surface area (TPSA) is 74.0 Å². The average Bonchev–Trinajstić information content (AvgIpc) is 3.70. The lowest BCUT2D eigenvalue weighted by Gasteiger charge is -2.36. The summed E-state index contributed by atoms with van der Waals surface area (Å²) in [5, 5.41) is 21.0. The molecule has 7 heteroatoms. The van der Waals surface area contributed by atoms with E-state index in [9.17, 15) is 9.90 Å². The van der Waals surface area contributed by atoms with E-state index >= 15 is 0 Å². The first-order valence-corrected chi connectivity index (χ1v) is 15.0. The summed E-state index contributed by atoms with van der Waals surface area (Å²) in [6.45, 7) is 8.01. The van der Waals surface area contributed by atoms with Crippen molar-refractivity contribution in [2.45, 2.75) is 83.3 Å². The molecule has 3 saturated carbocycles. The fraction of sp³-hybridized carbons (Fsp3) is 0.594. The second kappa shape index (κ2) is 12.5. The van der Waals surface area contributed by atoms with Crippen LogP contribution in [0.5, 0.6) is 0 Å². The molecule has 0 radical (unpaired) electrons. The molecule has 0 atom stereocenters. The molecule has 1 aromatic carbocycles. The summed E-state index contributed by atoms with van der Waals surface area (Å²) in [4.78, 5) is 16.0. The largest absolute Gasteiger partial charge is 0.393 e. The number of allylic oxidation sites excluding steroid dienone is 1. The van der Waals surface area contributed by atoms with Gasteiger partial charge in [0, 0.05) is 49.7 Å². The van der Waals surface area contributed by atoms with E-state index in [1.54, 1.807) is 0 Å². The maximum Gasteiger partial charge on any atom is 0.230 e. The van der Waals surface area contributed by atoms with Crippen molar-refractivity contribution in [3.8, 4) is 11.1 Å². The maximum atomic E-state index is 14.0. The molecule has 3 fully saturated rings. The molecule has 1 aromatic heterocycles. The predicted octanol–water partition coefficient (Wildman–Crippen LogP) is 6.07. The number of benzene rings is 1. The molecule has 1 N–H and O–H groups in total. The summed E-state index contributed by atoms with van der Waals surface area (Å²) in [5.41, 5.74) is 4.30. The molecule has 2 aromatic rings. The van der Waals surface area contributed by atoms with Crippen LogP contribution in [0, 0.1) is 17.8 Å². The van der Waals surface area contributed by atoms with E-state index in [0.29, 0.717) is 30.7 Å². The van der Waals surface area contributed by atoms with Crippen molar-refractivity contribution in [2.24, 2.45) is 22.9 Å². The van der Waals surface area contributed by atoms with Gasteiger partial charge in [0.2, 0.25) is 5.91 Å². The highest BCUT2D eigenvalue weighted by Crippen LogP contribution is 2.37. The van der Waals surface area contributed by atoms with Crippen molar-refractivity contribution in [2.75, 3.05) is 25.0 Å². The fourth-order valence-electron chi connectivity index (χ4n) is 6.08. The third-order valence-corrected chi connectivity index (χ3v) is 9.02. The zero-order chi connectivity index (χ0) is 27.4. The Labute approximate surface area is 233 Å². The second-order valence-corrected chi connectivity index (χ2v) is 12.0. The van der Waals surface area contributed by atoms with Crippen molar-refractivity contribution in [3.05, 3.63) is 48.8 Å². The molecule has 3 aliphatic carbocycles. The van der Waals surface area contributed by atoms with Crippen molar-refractivity contribution in [1.82, 2.24) is 14.8 Å². The molecular formula is C32H45N5O2. The highest BCUT2D eigenvalue weighted by Gasteiger charge is 2.32. The lowest BCUT2D eigenvalue weighted by atomic mass is 9.78. The fourth-order valence-corrected chi connectivity index (χ4v) is 6.08. The van der Waals surface area contributed by atoms with Crippen LogP contribution < -0.4 is 4.90 Å². The van der Waals surface area contributed by atoms with Gasteiger partial charge in [-0.05, 0) is 106 Å². The Morgan fingerprint density at radius 2 is 1.79 bits per heavy atom. The molecule has 210 valence electrons. The van der Waals surface area contributed by atoms with Gasteiger partial charge in [0.05, 0.1) is 18.3 Å². The van der Waals surface area contributed by atoms with Gasteiger partial charge in [-0.2, -0.15) is 10.2 Å². The van der Waals surface area contributed by atoms with E-state index in [2.05, 4.69) is 63.7 Å². The zero-order valence-corrected chi connectivity index (χ0v) is 23.7. The van der Waals surface area contributed by atoms with E-state index in [0.717, 1.165) is 74.0 Å². The minimum atomic E-state index is -0.266. The number of carbonyl (C=O) groups excluding carboxylic acids is 1. The third-order valence-electron chi connectivity index (χ3n) is 9.02. The van der Waals surface area contributed by atoms with Crippen LogP contribution in [-0.2, 0) is 4.79 Å². The first kappa shape index (κ1) is 27.6. The monoisotopic (exact) mass is 531 g/mol. The number of aliphatic hydroxyl groups is 1. The van der Waals surface area contributed by atoms with Crippen LogP contribution in [0.3, 0.4) is 0 Å². The molecule has 7 nitrogen and oxygen atoms in total. The van der Waals surface area contributed by atoms with Gasteiger partial charge in [0.1, 0.15) is 0 Å². The lowest BCUT2D eigenvalue weighted by molar-refractivity contribution is -0.124. The van der Waals surface area contributed by atoms with Crippen molar-refractivity contribution in [3.63, 3.8) is 0 Å². The Balaban J connectivity index is 1.30. The summed E-state index contributed by atoms with van der Waals surface area (Å²) in [6.07, 6.45) is 15.5. The number of hydrogen-bond acceptors (Lipinski definition) is 5. The highest BCUT2D eigenvalue weighted by molar-refractivity contribution is 5.95. The molecule has 3 aliphatic rings. The van der Waals surface area contributed by atoms with Gasteiger partial charge in [-0.3, -0.25) is 9.48 Å². The molecule has 1 amide bonds. The number of aromatic nitrogens is 2. The summed E-state index contributed by atoms with van der Waals surface area (Å²) >= 11 is 0. The van der Waals surface area contributed by atoms with Gasteiger partial charge in [0.25, 0.3) is 0 Å². The molecule has 1 heterocycles. The highest BCUT2D eigenvalue weighted by atomic mass is 16.3. The molecule has 0 saturated heterocycles. The van der Waals surface area contributed by atoms with Crippen LogP contribution in [-0.4, -0.2) is 58.3 Å². The van der Waals surface area contributed by atoms with E-state index in [1.807, 2.05) is 24.5 Å². The van der Waals surface area contributed by atoms with Crippen LogP contribution in [0.2, 0.25) is 0 Å². The molecule has 5 rings (SSSR count). The second-order valence-electron chi connectivity index (χ2n) is 12.0. The molecule has 0 unspecified atom stereocenters. The van der Waals surface area contributed by atoms with E-state index in [-0.39, 0.29) is 17.9 Å². The van der Waals surface area contributed by atoms with Gasteiger partial charge in [-0.1, -0.05) is 18.7 Å². The quantitative estimate of drug-likeness (QED) is 0.298. The van der Waals surface area contributed by atoms with E-state index in [1.165, 1.54) is 12.8 Å². The first-order valence-electron chi connectivity index (χ1n) is 15.0. The summed E-state index contributed by atoms with van der Waals surface area (Å²) in [5.74, 6) is 1.13. The van der Waals surface area contributed by atoms with Crippen LogP contribution in [0.15, 0.2) is 53.9 Å². The Morgan fingerprint density at radius 3 is 2.49 bits per heavy atom. The number of carbonyl (C=O) groups is 1. The Morgan fingerprint density at radius 1 is 1.08 bits per heavy atom. The van der Waals surface area contributed by atoms with Gasteiger partial charge < -0.3 is 15.0 Å². The molecule has 0 aliphatic heterocycles. The third kappa shape index (κ3) is 6.99. The number of hydrogen-bond donors (Lipinski definition) is 1. The SMILES string of the molecule is C=C(/C=N\N(C)CC)C1CCC(CN(C(=O)C2CCC(O)CC2)c2cccc(-c3cnn(C4CC4)c3)c2)CC1. The summed E-state index contributed by atoms with van der Waals surface area (Å²) in [7, 11) is 1.98. The first-order chi connectivity index (χ1) is 18.9. The van der Waals surface area contributed by atoms with Crippen molar-refractivity contribution >= 4 is 17.8 Å². The Hall–Kier alpha value is -2.93. The Bertz CT molecular complexity index is 1150. The van der Waals surface area contributed by atoms with Crippen LogP contribution in [0.25, 0.3) is 11.1 Å². The van der Waals surface area contributed by atoms with Gasteiger partial charge in [-0.15, -0.1) is 0 Å². The predicted molar refractivity (Wildman–Crippen MR) is 158 cm³/mol. The van der Waals surface area contributed by atoms with Crippen molar-refractivity contribution in [1.29, 1.82) is 0 Å². The van der Waals surface area contributed by atoms with Crippen LogP contribution in [0.4, 0.5) is 5.69 Å². The molecule has 39 heavy (non-hydrogen) atoms. The number of anilines is 1. The van der Waals surface area contributed by atoms with Gasteiger partial charge in [0.15, 0.2) is 0 Å². The van der Waals surface area contributed by atoms with Gasteiger partial charge in [-0.25, -0.2) is 0 Å². The summed E-state index contributed by atoms with van der Waals surface area (Å²) in [6, 6.07) is 8.98. The van der Waals surface area contributed by atoms with Crippen molar-refractivity contribution < 1.29 is 9.90 Å². The maximum absolute atomic E-state index is 14.0. The van der Waals surface area contributed by atoms with Gasteiger partial charge >= 0.3 is 0 Å². The molecule has 0 spiro atoms. The number of amides is 1. The normalized spacial score (nSPS) is 25.5. The lowest BCUT2D eigenvalue weighted by Crippen LogP contribution is -2.42. The minimum absolute atomic E-state index is 0.0162. The smallest absolute Gasteiger partial charge is 0.230 e. The number of aliphatic hydroxyl groups excluding tert-OH is 1.